The van der Waals surface area contributed by atoms with Crippen LogP contribution in [0.25, 0.3) is 0 Å². The molecule has 0 spiro atoms. The van der Waals surface area contributed by atoms with Gasteiger partial charge in [-0.2, -0.15) is 0 Å². The average molecular weight is 286 g/mol. The van der Waals surface area contributed by atoms with Crippen molar-refractivity contribution in [2.45, 2.75) is 51.0 Å². The molecule has 0 aromatic carbocycles. The van der Waals surface area contributed by atoms with Crippen LogP contribution in [-0.2, 0) is 9.59 Å². The monoisotopic (exact) mass is 286 g/mol. The van der Waals surface area contributed by atoms with Gasteiger partial charge >= 0.3 is 0 Å². The molecule has 4 nitrogen and oxygen atoms in total. The Morgan fingerprint density at radius 3 is 2.11 bits per heavy atom. The first-order chi connectivity index (χ1) is 8.82. The van der Waals surface area contributed by atoms with E-state index in [2.05, 4.69) is 20.8 Å². The third kappa shape index (κ3) is 4.71. The second kappa shape index (κ2) is 7.17. The van der Waals surface area contributed by atoms with Crippen molar-refractivity contribution in [1.29, 1.82) is 0 Å². The lowest BCUT2D eigenvalue weighted by Gasteiger charge is -2.33. The zero-order valence-corrected chi connectivity index (χ0v) is 13.2. The number of likely N-dealkylation sites (tertiary alicyclic amines) is 1. The number of amides is 2. The van der Waals surface area contributed by atoms with Crippen molar-refractivity contribution in [1.82, 2.24) is 4.90 Å². The first-order valence-corrected chi connectivity index (χ1v) is 8.00. The van der Waals surface area contributed by atoms with E-state index in [1.165, 1.54) is 0 Å². The third-order valence-electron chi connectivity index (χ3n) is 3.91. The lowest BCUT2D eigenvalue weighted by molar-refractivity contribution is -0.134. The van der Waals surface area contributed by atoms with E-state index in [0.29, 0.717) is 37.1 Å². The number of nitrogens with zero attached hydrogens (tertiary/aromatic N) is 1. The van der Waals surface area contributed by atoms with Gasteiger partial charge in [-0.3, -0.25) is 9.59 Å². The molecule has 19 heavy (non-hydrogen) atoms. The number of carbonyl (C=O) groups excluding carboxylic acids is 2. The minimum absolute atomic E-state index is 0.0115. The lowest BCUT2D eigenvalue weighted by Crippen LogP contribution is -2.44. The van der Waals surface area contributed by atoms with Crippen molar-refractivity contribution in [2.75, 3.05) is 13.1 Å². The summed E-state index contributed by atoms with van der Waals surface area (Å²) in [6, 6.07) is 0. The molecule has 0 bridgehead atoms. The largest absolute Gasteiger partial charge is 0.369 e. The first kappa shape index (κ1) is 16.3. The average Bonchev–Trinajstić information content (AvgIpc) is 2.37. The molecule has 5 heteroatoms. The Morgan fingerprint density at radius 2 is 1.68 bits per heavy atom. The normalized spacial score (nSPS) is 20.4. The van der Waals surface area contributed by atoms with Crippen LogP contribution < -0.4 is 5.73 Å². The number of primary amides is 1. The van der Waals surface area contributed by atoms with Gasteiger partial charge < -0.3 is 10.6 Å². The number of hydrogen-bond acceptors (Lipinski definition) is 3. The Morgan fingerprint density at radius 1 is 1.16 bits per heavy atom. The zero-order valence-electron chi connectivity index (χ0n) is 12.4. The SMILES string of the molecule is CC(C)[C@H](C)S[C@@H](C)C(=O)N1CCC(C(N)=O)CC1. The van der Waals surface area contributed by atoms with Crippen molar-refractivity contribution < 1.29 is 9.59 Å². The predicted molar refractivity (Wildman–Crippen MR) is 79.9 cm³/mol. The molecule has 1 aliphatic rings. The minimum atomic E-state index is -0.233. The molecule has 0 unspecified atom stereocenters. The second-order valence-electron chi connectivity index (χ2n) is 5.73. The van der Waals surface area contributed by atoms with Crippen LogP contribution in [0.15, 0.2) is 0 Å². The summed E-state index contributed by atoms with van der Waals surface area (Å²) in [5.74, 6) is 0.478. The predicted octanol–water partition coefficient (Wildman–Crippen LogP) is 1.88. The van der Waals surface area contributed by atoms with E-state index in [1.54, 1.807) is 11.8 Å². The molecule has 110 valence electrons. The summed E-state index contributed by atoms with van der Waals surface area (Å²) in [7, 11) is 0. The van der Waals surface area contributed by atoms with Gasteiger partial charge in [-0.05, 0) is 25.7 Å². The van der Waals surface area contributed by atoms with Gasteiger partial charge in [0.05, 0.1) is 5.25 Å². The van der Waals surface area contributed by atoms with Gasteiger partial charge in [-0.1, -0.05) is 20.8 Å². The van der Waals surface area contributed by atoms with E-state index in [-0.39, 0.29) is 23.0 Å². The minimum Gasteiger partial charge on any atom is -0.369 e. The van der Waals surface area contributed by atoms with Crippen LogP contribution >= 0.6 is 11.8 Å². The molecule has 0 saturated carbocycles. The fourth-order valence-electron chi connectivity index (χ4n) is 2.18. The van der Waals surface area contributed by atoms with Crippen LogP contribution in [-0.4, -0.2) is 40.3 Å². The van der Waals surface area contributed by atoms with Crippen LogP contribution in [0.1, 0.15) is 40.5 Å². The Balaban J connectivity index is 2.44. The molecule has 0 aromatic rings. The summed E-state index contributed by atoms with van der Waals surface area (Å²) in [6.07, 6.45) is 1.41. The maximum absolute atomic E-state index is 12.3. The molecule has 1 fully saturated rings. The van der Waals surface area contributed by atoms with E-state index < -0.39 is 0 Å². The second-order valence-corrected chi connectivity index (χ2v) is 7.45. The molecule has 2 N–H and O–H groups in total. The van der Waals surface area contributed by atoms with Gasteiger partial charge in [-0.25, -0.2) is 0 Å². The fourth-order valence-corrected chi connectivity index (χ4v) is 3.40. The topological polar surface area (TPSA) is 63.4 Å². The van der Waals surface area contributed by atoms with Crippen molar-refractivity contribution in [3.63, 3.8) is 0 Å². The number of nitrogens with two attached hydrogens (primary N) is 1. The molecule has 0 aromatic heterocycles. The van der Waals surface area contributed by atoms with Crippen LogP contribution in [0.3, 0.4) is 0 Å². The molecule has 2 atom stereocenters. The molecule has 1 aliphatic heterocycles. The van der Waals surface area contributed by atoms with E-state index in [9.17, 15) is 9.59 Å². The smallest absolute Gasteiger partial charge is 0.235 e. The van der Waals surface area contributed by atoms with Crippen LogP contribution in [0, 0.1) is 11.8 Å². The van der Waals surface area contributed by atoms with E-state index in [1.807, 2.05) is 11.8 Å². The molecule has 1 rings (SSSR count). The first-order valence-electron chi connectivity index (χ1n) is 7.06. The Bertz CT molecular complexity index is 325. The van der Waals surface area contributed by atoms with Gasteiger partial charge in [0.15, 0.2) is 0 Å². The Labute approximate surface area is 120 Å². The summed E-state index contributed by atoms with van der Waals surface area (Å²) in [5, 5.41) is 0.463. The molecular weight excluding hydrogens is 260 g/mol. The Hall–Kier alpha value is -0.710. The summed E-state index contributed by atoms with van der Waals surface area (Å²) in [4.78, 5) is 25.3. The van der Waals surface area contributed by atoms with Crippen molar-refractivity contribution in [3.8, 4) is 0 Å². The van der Waals surface area contributed by atoms with Gasteiger partial charge in [0, 0.05) is 24.3 Å². The highest BCUT2D eigenvalue weighted by Gasteiger charge is 2.29. The van der Waals surface area contributed by atoms with Crippen molar-refractivity contribution in [2.24, 2.45) is 17.6 Å². The molecule has 1 heterocycles. The third-order valence-corrected chi connectivity index (χ3v) is 5.50. The number of rotatable bonds is 5. The fraction of sp³-hybridized carbons (Fsp3) is 0.857. The van der Waals surface area contributed by atoms with E-state index in [0.717, 1.165) is 0 Å². The van der Waals surface area contributed by atoms with Gasteiger partial charge in [0.2, 0.25) is 11.8 Å². The van der Waals surface area contributed by atoms with Crippen LogP contribution in [0.2, 0.25) is 0 Å². The number of carbonyl (C=O) groups is 2. The van der Waals surface area contributed by atoms with E-state index in [4.69, 9.17) is 5.73 Å². The summed E-state index contributed by atoms with van der Waals surface area (Å²) in [6.45, 7) is 9.81. The highest BCUT2D eigenvalue weighted by molar-refractivity contribution is 8.01. The van der Waals surface area contributed by atoms with Crippen molar-refractivity contribution in [3.05, 3.63) is 0 Å². The standard InChI is InChI=1S/C14H26N2O2S/c1-9(2)10(3)19-11(4)14(18)16-7-5-12(6-8-16)13(15)17/h9-12H,5-8H2,1-4H3,(H2,15,17)/t10-,11-/m0/s1. The molecule has 0 aliphatic carbocycles. The highest BCUT2D eigenvalue weighted by Crippen LogP contribution is 2.26. The maximum atomic E-state index is 12.3. The zero-order chi connectivity index (χ0) is 14.6. The lowest BCUT2D eigenvalue weighted by atomic mass is 9.96. The maximum Gasteiger partial charge on any atom is 0.235 e. The molecule has 2 amide bonds. The van der Waals surface area contributed by atoms with Gasteiger partial charge in [0.25, 0.3) is 0 Å². The van der Waals surface area contributed by atoms with Crippen molar-refractivity contribution >= 4 is 23.6 Å². The molecule has 1 saturated heterocycles. The summed E-state index contributed by atoms with van der Waals surface area (Å²) >= 11 is 1.73. The van der Waals surface area contributed by atoms with Crippen LogP contribution in [0.4, 0.5) is 0 Å². The van der Waals surface area contributed by atoms with Crippen LogP contribution in [0.5, 0.6) is 0 Å². The molecule has 0 radical (unpaired) electrons. The van der Waals surface area contributed by atoms with E-state index >= 15 is 0 Å². The number of thioether (sulfide) groups is 1. The summed E-state index contributed by atoms with van der Waals surface area (Å²) < 4.78 is 0. The Kier molecular flexibility index (Phi) is 6.17. The number of hydrogen-bond donors (Lipinski definition) is 1. The van der Waals surface area contributed by atoms with Gasteiger partial charge in [-0.15, -0.1) is 11.8 Å². The van der Waals surface area contributed by atoms with Gasteiger partial charge in [0.1, 0.15) is 0 Å². The highest BCUT2D eigenvalue weighted by atomic mass is 32.2. The number of piperidine rings is 1. The summed E-state index contributed by atoms with van der Waals surface area (Å²) in [5.41, 5.74) is 5.30. The molecular formula is C14H26N2O2S. The quantitative estimate of drug-likeness (QED) is 0.839.